The Morgan fingerprint density at radius 2 is 2.24 bits per heavy atom. The Morgan fingerprint density at radius 1 is 1.41 bits per heavy atom. The Balaban J connectivity index is 1.84. The number of Topliss-reactive ketones (excluding diaryl/α,β-unsaturated/α-hetero) is 1. The molecule has 1 aliphatic carbocycles. The van der Waals surface area contributed by atoms with Crippen molar-refractivity contribution in [3.8, 4) is 5.75 Å². The molecule has 1 aliphatic rings. The number of ether oxygens (including phenoxy) is 1. The number of carbonyl (C=O) groups is 1. The Kier molecular flexibility index (Phi) is 4.18. The first-order valence-corrected chi connectivity index (χ1v) is 6.55. The van der Waals surface area contributed by atoms with Crippen molar-refractivity contribution in [3.05, 3.63) is 29.8 Å². The van der Waals surface area contributed by atoms with E-state index in [-0.39, 0.29) is 5.78 Å². The highest BCUT2D eigenvalue weighted by Crippen LogP contribution is 2.29. The first-order valence-electron chi connectivity index (χ1n) is 6.55. The van der Waals surface area contributed by atoms with Crippen LogP contribution < -0.4 is 4.74 Å². The van der Waals surface area contributed by atoms with Gasteiger partial charge in [0.15, 0.2) is 5.78 Å². The molecule has 0 atom stereocenters. The van der Waals surface area contributed by atoms with Crippen molar-refractivity contribution < 1.29 is 9.53 Å². The molecule has 0 heterocycles. The van der Waals surface area contributed by atoms with Crippen LogP contribution in [0, 0.1) is 5.92 Å². The summed E-state index contributed by atoms with van der Waals surface area (Å²) in [4.78, 5) is 11.5. The number of benzene rings is 1. The van der Waals surface area contributed by atoms with Gasteiger partial charge >= 0.3 is 0 Å². The second-order valence-electron chi connectivity index (χ2n) is 4.74. The molecule has 1 saturated carbocycles. The molecule has 0 bridgehead atoms. The van der Waals surface area contributed by atoms with E-state index in [0.29, 0.717) is 6.42 Å². The predicted octanol–water partition coefficient (Wildman–Crippen LogP) is 3.85. The lowest BCUT2D eigenvalue weighted by Gasteiger charge is -2.24. The van der Waals surface area contributed by atoms with Crippen molar-refractivity contribution in [3.63, 3.8) is 0 Å². The van der Waals surface area contributed by atoms with Crippen LogP contribution in [0.25, 0.3) is 0 Å². The molecule has 0 saturated heterocycles. The molecule has 0 unspecified atom stereocenters. The van der Waals surface area contributed by atoms with Crippen molar-refractivity contribution in [1.82, 2.24) is 0 Å². The van der Waals surface area contributed by atoms with E-state index in [0.717, 1.165) is 30.3 Å². The normalized spacial score (nSPS) is 15.4. The van der Waals surface area contributed by atoms with Gasteiger partial charge in [-0.15, -0.1) is 0 Å². The monoisotopic (exact) mass is 232 g/mol. The second kappa shape index (κ2) is 5.85. The zero-order valence-corrected chi connectivity index (χ0v) is 10.4. The topological polar surface area (TPSA) is 26.3 Å². The van der Waals surface area contributed by atoms with E-state index in [1.807, 2.05) is 31.2 Å². The average molecular weight is 232 g/mol. The van der Waals surface area contributed by atoms with Gasteiger partial charge < -0.3 is 4.74 Å². The molecule has 2 nitrogen and oxygen atoms in total. The molecule has 1 aromatic carbocycles. The number of hydrogen-bond donors (Lipinski definition) is 0. The molecule has 0 N–H and O–H groups in total. The Labute approximate surface area is 103 Å². The third-order valence-electron chi connectivity index (χ3n) is 3.50. The number of carbonyl (C=O) groups excluding carboxylic acids is 1. The second-order valence-corrected chi connectivity index (χ2v) is 4.74. The van der Waals surface area contributed by atoms with Crippen LogP contribution in [-0.4, -0.2) is 12.4 Å². The van der Waals surface area contributed by atoms with E-state index < -0.39 is 0 Å². The zero-order valence-electron chi connectivity index (χ0n) is 10.4. The molecule has 2 rings (SSSR count). The molecule has 0 radical (unpaired) electrons. The van der Waals surface area contributed by atoms with Gasteiger partial charge in [-0.05, 0) is 24.5 Å². The SMILES string of the molecule is CCC(=O)c1cccc(OCCC2CCC2)c1. The van der Waals surface area contributed by atoms with Crippen LogP contribution in [0.5, 0.6) is 5.75 Å². The summed E-state index contributed by atoms with van der Waals surface area (Å²) in [6.07, 6.45) is 5.79. The largest absolute Gasteiger partial charge is 0.494 e. The fraction of sp³-hybridized carbons (Fsp3) is 0.533. The van der Waals surface area contributed by atoms with E-state index in [2.05, 4.69) is 0 Å². The summed E-state index contributed by atoms with van der Waals surface area (Å²) in [5.41, 5.74) is 0.758. The minimum Gasteiger partial charge on any atom is -0.494 e. The van der Waals surface area contributed by atoms with Gasteiger partial charge in [0, 0.05) is 12.0 Å². The van der Waals surface area contributed by atoms with Crippen LogP contribution in [0.15, 0.2) is 24.3 Å². The standard InChI is InChI=1S/C15H20O2/c1-2-15(16)13-7-4-8-14(11-13)17-10-9-12-5-3-6-12/h4,7-8,11-12H,2-3,5-6,9-10H2,1H3. The van der Waals surface area contributed by atoms with Crippen LogP contribution in [0.3, 0.4) is 0 Å². The fourth-order valence-electron chi connectivity index (χ4n) is 2.09. The van der Waals surface area contributed by atoms with Crippen molar-refractivity contribution >= 4 is 5.78 Å². The van der Waals surface area contributed by atoms with Crippen LogP contribution in [0.4, 0.5) is 0 Å². The molecule has 92 valence electrons. The Bertz CT molecular complexity index is 380. The van der Waals surface area contributed by atoms with Gasteiger partial charge in [0.25, 0.3) is 0 Å². The number of hydrogen-bond acceptors (Lipinski definition) is 2. The molecule has 2 heteroatoms. The Morgan fingerprint density at radius 3 is 2.88 bits per heavy atom. The van der Waals surface area contributed by atoms with E-state index in [9.17, 15) is 4.79 Å². The highest BCUT2D eigenvalue weighted by Gasteiger charge is 2.16. The Hall–Kier alpha value is -1.31. The third-order valence-corrected chi connectivity index (χ3v) is 3.50. The van der Waals surface area contributed by atoms with Crippen molar-refractivity contribution in [1.29, 1.82) is 0 Å². The first-order chi connectivity index (χ1) is 8.29. The lowest BCUT2D eigenvalue weighted by atomic mass is 9.83. The average Bonchev–Trinajstić information content (AvgIpc) is 2.32. The zero-order chi connectivity index (χ0) is 12.1. The van der Waals surface area contributed by atoms with E-state index >= 15 is 0 Å². The molecule has 0 aromatic heterocycles. The van der Waals surface area contributed by atoms with Gasteiger partial charge in [-0.25, -0.2) is 0 Å². The highest BCUT2D eigenvalue weighted by atomic mass is 16.5. The molecule has 0 amide bonds. The van der Waals surface area contributed by atoms with Crippen LogP contribution in [0.1, 0.15) is 49.4 Å². The molecule has 1 fully saturated rings. The van der Waals surface area contributed by atoms with Crippen molar-refractivity contribution in [2.45, 2.75) is 39.0 Å². The van der Waals surface area contributed by atoms with E-state index in [4.69, 9.17) is 4.74 Å². The van der Waals surface area contributed by atoms with Gasteiger partial charge in [0.05, 0.1) is 6.61 Å². The third kappa shape index (κ3) is 3.32. The first kappa shape index (κ1) is 12.2. The number of rotatable bonds is 6. The van der Waals surface area contributed by atoms with Gasteiger partial charge in [0.2, 0.25) is 0 Å². The van der Waals surface area contributed by atoms with Crippen molar-refractivity contribution in [2.75, 3.05) is 6.61 Å². The quantitative estimate of drug-likeness (QED) is 0.696. The summed E-state index contributed by atoms with van der Waals surface area (Å²) in [6, 6.07) is 7.52. The molecule has 0 aliphatic heterocycles. The fourth-order valence-corrected chi connectivity index (χ4v) is 2.09. The van der Waals surface area contributed by atoms with Gasteiger partial charge in [-0.1, -0.05) is 38.3 Å². The van der Waals surface area contributed by atoms with E-state index in [1.165, 1.54) is 19.3 Å². The predicted molar refractivity (Wildman–Crippen MR) is 68.5 cm³/mol. The maximum Gasteiger partial charge on any atom is 0.162 e. The highest BCUT2D eigenvalue weighted by molar-refractivity contribution is 5.96. The molecular weight excluding hydrogens is 212 g/mol. The number of ketones is 1. The molecule has 1 aromatic rings. The van der Waals surface area contributed by atoms with Gasteiger partial charge in [-0.3, -0.25) is 4.79 Å². The summed E-state index contributed by atoms with van der Waals surface area (Å²) in [6.45, 7) is 2.65. The van der Waals surface area contributed by atoms with Gasteiger partial charge in [0.1, 0.15) is 5.75 Å². The lowest BCUT2D eigenvalue weighted by molar-refractivity contribution is 0.0987. The molecular formula is C15H20O2. The van der Waals surface area contributed by atoms with Crippen molar-refractivity contribution in [2.24, 2.45) is 5.92 Å². The summed E-state index contributed by atoms with van der Waals surface area (Å²) in [7, 11) is 0. The summed E-state index contributed by atoms with van der Waals surface area (Å²) in [5.74, 6) is 1.87. The minimum absolute atomic E-state index is 0.175. The maximum atomic E-state index is 11.5. The summed E-state index contributed by atoms with van der Waals surface area (Å²) >= 11 is 0. The maximum absolute atomic E-state index is 11.5. The van der Waals surface area contributed by atoms with Crippen LogP contribution in [-0.2, 0) is 0 Å². The summed E-state index contributed by atoms with van der Waals surface area (Å²) in [5, 5.41) is 0. The smallest absolute Gasteiger partial charge is 0.162 e. The molecule has 17 heavy (non-hydrogen) atoms. The summed E-state index contributed by atoms with van der Waals surface area (Å²) < 4.78 is 5.70. The minimum atomic E-state index is 0.175. The van der Waals surface area contributed by atoms with Crippen LogP contribution >= 0.6 is 0 Å². The van der Waals surface area contributed by atoms with E-state index in [1.54, 1.807) is 0 Å². The lowest BCUT2D eigenvalue weighted by Crippen LogP contribution is -2.14. The van der Waals surface area contributed by atoms with Crippen LogP contribution in [0.2, 0.25) is 0 Å². The van der Waals surface area contributed by atoms with Gasteiger partial charge in [-0.2, -0.15) is 0 Å². The molecule has 0 spiro atoms.